The average Bonchev–Trinajstić information content (AvgIpc) is 3.14. The number of rotatable bonds is 7. The van der Waals surface area contributed by atoms with Crippen LogP contribution in [0.25, 0.3) is 11.6 Å². The summed E-state index contributed by atoms with van der Waals surface area (Å²) in [6.07, 6.45) is 1.83. The van der Waals surface area contributed by atoms with E-state index in [4.69, 9.17) is 0 Å². The lowest BCUT2D eigenvalue weighted by molar-refractivity contribution is -0.110. The van der Waals surface area contributed by atoms with Crippen molar-refractivity contribution in [3.05, 3.63) is 52.3 Å². The molecule has 28 heavy (non-hydrogen) atoms. The predicted molar refractivity (Wildman–Crippen MR) is 113 cm³/mol. The number of hydrogen-bond donors (Lipinski definition) is 3. The fourth-order valence-electron chi connectivity index (χ4n) is 3.64. The molecule has 6 nitrogen and oxygen atoms in total. The van der Waals surface area contributed by atoms with Crippen LogP contribution in [0, 0.1) is 13.8 Å². The minimum Gasteiger partial charge on any atom is -0.358 e. The molecular formula is C22H28N4O2. The summed E-state index contributed by atoms with van der Waals surface area (Å²) in [5.41, 5.74) is 5.39. The van der Waals surface area contributed by atoms with Crippen molar-refractivity contribution >= 4 is 29.2 Å². The van der Waals surface area contributed by atoms with E-state index >= 15 is 0 Å². The van der Waals surface area contributed by atoms with E-state index in [9.17, 15) is 9.59 Å². The molecule has 0 fully saturated rings. The maximum atomic E-state index is 12.7. The van der Waals surface area contributed by atoms with Gasteiger partial charge >= 0.3 is 0 Å². The molecule has 2 heterocycles. The van der Waals surface area contributed by atoms with Gasteiger partial charge in [0, 0.05) is 35.7 Å². The highest BCUT2D eigenvalue weighted by Gasteiger charge is 2.25. The quantitative estimate of drug-likeness (QED) is 0.646. The van der Waals surface area contributed by atoms with Crippen molar-refractivity contribution in [1.29, 1.82) is 0 Å². The molecule has 1 aliphatic heterocycles. The first kappa shape index (κ1) is 19.9. The number of amides is 2. The van der Waals surface area contributed by atoms with E-state index in [0.29, 0.717) is 17.7 Å². The number of nitrogens with one attached hydrogen (secondary N) is 3. The summed E-state index contributed by atoms with van der Waals surface area (Å²) in [5.74, 6) is -0.211. The van der Waals surface area contributed by atoms with Crippen LogP contribution < -0.4 is 10.6 Å². The number of aryl methyl sites for hydroxylation is 1. The molecule has 2 aromatic rings. The molecule has 1 aromatic carbocycles. The number of aromatic nitrogens is 1. The van der Waals surface area contributed by atoms with Crippen LogP contribution in [0.5, 0.6) is 0 Å². The van der Waals surface area contributed by atoms with Gasteiger partial charge in [0.25, 0.3) is 11.8 Å². The first-order chi connectivity index (χ1) is 13.5. The van der Waals surface area contributed by atoms with Gasteiger partial charge in [-0.25, -0.2) is 0 Å². The van der Waals surface area contributed by atoms with Gasteiger partial charge in [0.15, 0.2) is 0 Å². The van der Waals surface area contributed by atoms with Gasteiger partial charge in [-0.2, -0.15) is 0 Å². The maximum Gasteiger partial charge on any atom is 0.256 e. The van der Waals surface area contributed by atoms with Crippen LogP contribution in [-0.4, -0.2) is 47.9 Å². The van der Waals surface area contributed by atoms with Gasteiger partial charge in [0.1, 0.15) is 0 Å². The van der Waals surface area contributed by atoms with E-state index in [1.54, 1.807) is 0 Å². The highest BCUT2D eigenvalue weighted by molar-refractivity contribution is 6.34. The van der Waals surface area contributed by atoms with E-state index in [2.05, 4.69) is 34.4 Å². The van der Waals surface area contributed by atoms with Gasteiger partial charge in [-0.1, -0.05) is 32.0 Å². The van der Waals surface area contributed by atoms with E-state index in [1.165, 1.54) is 0 Å². The third-order valence-electron chi connectivity index (χ3n) is 5.31. The molecular weight excluding hydrogens is 352 g/mol. The highest BCUT2D eigenvalue weighted by atomic mass is 16.2. The number of aromatic amines is 1. The monoisotopic (exact) mass is 380 g/mol. The van der Waals surface area contributed by atoms with Gasteiger partial charge in [0.2, 0.25) is 0 Å². The predicted octanol–water partition coefficient (Wildman–Crippen LogP) is 3.20. The second-order valence-corrected chi connectivity index (χ2v) is 7.00. The number of hydrogen-bond acceptors (Lipinski definition) is 3. The Bertz CT molecular complexity index is 923. The van der Waals surface area contributed by atoms with Gasteiger partial charge < -0.3 is 20.5 Å². The average molecular weight is 380 g/mol. The summed E-state index contributed by atoms with van der Waals surface area (Å²) in [5, 5.41) is 5.89. The van der Waals surface area contributed by atoms with Crippen LogP contribution in [0.3, 0.4) is 0 Å². The van der Waals surface area contributed by atoms with Crippen molar-refractivity contribution in [3.63, 3.8) is 0 Å². The molecule has 1 aromatic heterocycles. The second-order valence-electron chi connectivity index (χ2n) is 7.00. The zero-order chi connectivity index (χ0) is 20.3. The molecule has 0 saturated carbocycles. The zero-order valence-electron chi connectivity index (χ0n) is 17.0. The Morgan fingerprint density at radius 1 is 1.18 bits per heavy atom. The van der Waals surface area contributed by atoms with Crippen molar-refractivity contribution in [2.75, 3.05) is 31.5 Å². The normalized spacial score (nSPS) is 14.5. The minimum atomic E-state index is -0.127. The lowest BCUT2D eigenvalue weighted by atomic mass is 10.0. The summed E-state index contributed by atoms with van der Waals surface area (Å²) in [6, 6.07) is 7.61. The Morgan fingerprint density at radius 3 is 2.61 bits per heavy atom. The van der Waals surface area contributed by atoms with E-state index in [1.807, 2.05) is 44.2 Å². The summed E-state index contributed by atoms with van der Waals surface area (Å²) < 4.78 is 0. The summed E-state index contributed by atoms with van der Waals surface area (Å²) in [4.78, 5) is 30.6. The Balaban J connectivity index is 1.81. The van der Waals surface area contributed by atoms with E-state index in [0.717, 1.165) is 47.8 Å². The fraction of sp³-hybridized carbons (Fsp3) is 0.364. The Morgan fingerprint density at radius 2 is 1.89 bits per heavy atom. The molecule has 6 heteroatoms. The van der Waals surface area contributed by atoms with Crippen LogP contribution in [0.1, 0.15) is 46.7 Å². The van der Waals surface area contributed by atoms with Crippen molar-refractivity contribution in [2.45, 2.75) is 27.7 Å². The lowest BCUT2D eigenvalue weighted by Gasteiger charge is -2.18. The van der Waals surface area contributed by atoms with Gasteiger partial charge in [-0.3, -0.25) is 9.59 Å². The smallest absolute Gasteiger partial charge is 0.256 e. The summed E-state index contributed by atoms with van der Waals surface area (Å²) in [6.45, 7) is 11.4. The first-order valence-electron chi connectivity index (χ1n) is 9.78. The molecule has 0 spiro atoms. The number of carbonyl (C=O) groups is 2. The van der Waals surface area contributed by atoms with Crippen molar-refractivity contribution in [1.82, 2.24) is 15.2 Å². The molecule has 0 unspecified atom stereocenters. The molecule has 1 aliphatic rings. The Kier molecular flexibility index (Phi) is 5.99. The van der Waals surface area contributed by atoms with E-state index < -0.39 is 0 Å². The van der Waals surface area contributed by atoms with Crippen LogP contribution in [-0.2, 0) is 4.79 Å². The fourth-order valence-corrected chi connectivity index (χ4v) is 3.64. The van der Waals surface area contributed by atoms with Crippen LogP contribution in [0.2, 0.25) is 0 Å². The number of fused-ring (bicyclic) bond motifs is 1. The van der Waals surface area contributed by atoms with Crippen LogP contribution in [0.15, 0.2) is 24.3 Å². The number of para-hydroxylation sites is 1. The number of carbonyl (C=O) groups excluding carboxylic acids is 2. The number of likely N-dealkylation sites (N-methyl/N-ethyl adjacent to an activating group) is 1. The van der Waals surface area contributed by atoms with Crippen molar-refractivity contribution in [2.24, 2.45) is 0 Å². The lowest BCUT2D eigenvalue weighted by Crippen LogP contribution is -2.35. The van der Waals surface area contributed by atoms with Gasteiger partial charge in [0.05, 0.1) is 11.1 Å². The molecule has 0 saturated heterocycles. The highest BCUT2D eigenvalue weighted by Crippen LogP contribution is 2.33. The largest absolute Gasteiger partial charge is 0.358 e. The molecule has 3 N–H and O–H groups in total. The third-order valence-corrected chi connectivity index (χ3v) is 5.31. The number of anilines is 1. The third kappa shape index (κ3) is 3.87. The number of nitrogens with zero attached hydrogens (tertiary/aromatic N) is 1. The summed E-state index contributed by atoms with van der Waals surface area (Å²) in [7, 11) is 0. The second kappa shape index (κ2) is 8.44. The van der Waals surface area contributed by atoms with Crippen LogP contribution >= 0.6 is 0 Å². The minimum absolute atomic E-state index is 0.0840. The molecule has 2 amide bonds. The standard InChI is InChI=1S/C22H28N4O2/c1-5-26(6-2)12-11-23-22(28)20-14(3)19(24-15(20)4)13-17-16-9-7-8-10-18(16)25-21(17)27/h7-10,13,24H,5-6,11-12H2,1-4H3,(H,23,28)(H,25,27)/b17-13+. The van der Waals surface area contributed by atoms with Gasteiger partial charge in [-0.15, -0.1) is 0 Å². The topological polar surface area (TPSA) is 77.2 Å². The summed E-state index contributed by atoms with van der Waals surface area (Å²) >= 11 is 0. The van der Waals surface area contributed by atoms with Crippen LogP contribution in [0.4, 0.5) is 5.69 Å². The maximum absolute atomic E-state index is 12.7. The first-order valence-corrected chi connectivity index (χ1v) is 9.78. The Labute approximate surface area is 166 Å². The number of H-pyrrole nitrogens is 1. The van der Waals surface area contributed by atoms with Crippen molar-refractivity contribution in [3.8, 4) is 0 Å². The Hall–Kier alpha value is -2.86. The SMILES string of the molecule is CCN(CC)CCNC(=O)c1c(C)[nH]c(/C=C2/C(=O)Nc3ccccc32)c1C. The molecule has 0 radical (unpaired) electrons. The molecule has 0 atom stereocenters. The molecule has 0 bridgehead atoms. The molecule has 3 rings (SSSR count). The van der Waals surface area contributed by atoms with Gasteiger partial charge in [-0.05, 0) is 44.6 Å². The molecule has 0 aliphatic carbocycles. The zero-order valence-corrected chi connectivity index (χ0v) is 17.0. The number of benzene rings is 1. The molecule has 148 valence electrons. The van der Waals surface area contributed by atoms with E-state index in [-0.39, 0.29) is 11.8 Å². The van der Waals surface area contributed by atoms with Crippen molar-refractivity contribution < 1.29 is 9.59 Å².